The van der Waals surface area contributed by atoms with Crippen molar-refractivity contribution in [3.05, 3.63) is 30.3 Å². The van der Waals surface area contributed by atoms with Crippen LogP contribution in [0.1, 0.15) is 0 Å². The largest absolute Gasteiger partial charge is 0.352 e. The van der Waals surface area contributed by atoms with Gasteiger partial charge in [-0.1, -0.05) is 30.3 Å². The van der Waals surface area contributed by atoms with Gasteiger partial charge in [0, 0.05) is 6.26 Å². The smallest absolute Gasteiger partial charge is 0.290 e. The first-order chi connectivity index (χ1) is 4.93. The minimum Gasteiger partial charge on any atom is -0.352 e. The van der Waals surface area contributed by atoms with Crippen LogP contribution in [0.4, 0.5) is 0 Å². The van der Waals surface area contributed by atoms with Gasteiger partial charge in [-0.05, 0) is 17.2 Å². The molecule has 1 nitrogen and oxygen atoms in total. The summed E-state index contributed by atoms with van der Waals surface area (Å²) in [5.41, 5.74) is 0. The molecule has 0 bridgehead atoms. The van der Waals surface area contributed by atoms with Gasteiger partial charge in [0.25, 0.3) is 9.76 Å². The van der Waals surface area contributed by atoms with Crippen molar-refractivity contribution in [2.24, 2.45) is 0 Å². The van der Waals surface area contributed by atoms with E-state index in [2.05, 4.69) is 12.1 Å². The summed E-state index contributed by atoms with van der Waals surface area (Å²) in [6.07, 6.45) is 1.93. The van der Waals surface area contributed by atoms with E-state index in [-0.39, 0.29) is 0 Å². The maximum atomic E-state index is 5.16. The third-order valence-corrected chi connectivity index (χ3v) is 2.59. The Hall–Kier alpha value is -0.253. The van der Waals surface area contributed by atoms with Gasteiger partial charge in [0.1, 0.15) is 0 Å². The second kappa shape index (κ2) is 4.55. The van der Waals surface area contributed by atoms with Crippen molar-refractivity contribution in [3.63, 3.8) is 0 Å². The average Bonchev–Trinajstić information content (AvgIpc) is 2.03. The van der Waals surface area contributed by atoms with Crippen LogP contribution in [0.5, 0.6) is 0 Å². The SMILES string of the molecule is CSO[Si]c1ccccc1. The van der Waals surface area contributed by atoms with Gasteiger partial charge >= 0.3 is 0 Å². The predicted molar refractivity (Wildman–Crippen MR) is 46.4 cm³/mol. The van der Waals surface area contributed by atoms with Crippen molar-refractivity contribution in [2.45, 2.75) is 0 Å². The summed E-state index contributed by atoms with van der Waals surface area (Å²) in [6.45, 7) is 0. The fourth-order valence-electron chi connectivity index (χ4n) is 0.596. The zero-order valence-corrected chi connectivity index (χ0v) is 7.52. The Balaban J connectivity index is 2.43. The lowest BCUT2D eigenvalue weighted by molar-refractivity contribution is 0.715. The van der Waals surface area contributed by atoms with Gasteiger partial charge < -0.3 is 3.87 Å². The molecule has 0 aliphatic carbocycles. The molecule has 0 heterocycles. The quantitative estimate of drug-likeness (QED) is 0.496. The first-order valence-corrected chi connectivity index (χ1v) is 5.00. The Kier molecular flexibility index (Phi) is 3.57. The Morgan fingerprint density at radius 1 is 1.30 bits per heavy atom. The molecule has 52 valence electrons. The first-order valence-electron chi connectivity index (χ1n) is 2.94. The first kappa shape index (κ1) is 7.85. The molecule has 0 fully saturated rings. The molecule has 0 spiro atoms. The van der Waals surface area contributed by atoms with Crippen LogP contribution < -0.4 is 5.19 Å². The summed E-state index contributed by atoms with van der Waals surface area (Å²) < 4.78 is 5.16. The van der Waals surface area contributed by atoms with E-state index in [0.717, 1.165) is 0 Å². The van der Waals surface area contributed by atoms with Gasteiger partial charge in [-0.15, -0.1) is 0 Å². The summed E-state index contributed by atoms with van der Waals surface area (Å²) in [7, 11) is 0.467. The molecule has 0 aliphatic heterocycles. The average molecular weight is 168 g/mol. The van der Waals surface area contributed by atoms with Crippen molar-refractivity contribution in [3.8, 4) is 0 Å². The van der Waals surface area contributed by atoms with Crippen LogP contribution in [-0.2, 0) is 3.87 Å². The summed E-state index contributed by atoms with van der Waals surface area (Å²) in [5, 5.41) is 1.25. The number of hydrogen-bond acceptors (Lipinski definition) is 2. The molecule has 0 atom stereocenters. The number of hydrogen-bond donors (Lipinski definition) is 0. The van der Waals surface area contributed by atoms with E-state index in [1.807, 2.05) is 24.5 Å². The zero-order valence-electron chi connectivity index (χ0n) is 5.70. The molecule has 0 aliphatic rings. The third kappa shape index (κ3) is 2.56. The highest BCUT2D eigenvalue weighted by Crippen LogP contribution is 1.91. The topological polar surface area (TPSA) is 9.23 Å². The lowest BCUT2D eigenvalue weighted by atomic mass is 10.4. The summed E-state index contributed by atoms with van der Waals surface area (Å²) in [4.78, 5) is 0. The van der Waals surface area contributed by atoms with Crippen LogP contribution in [0.15, 0.2) is 30.3 Å². The molecule has 0 aromatic heterocycles. The van der Waals surface area contributed by atoms with E-state index in [9.17, 15) is 0 Å². The van der Waals surface area contributed by atoms with Crippen LogP contribution in [0, 0.1) is 0 Å². The van der Waals surface area contributed by atoms with Gasteiger partial charge in [-0.2, -0.15) is 0 Å². The van der Waals surface area contributed by atoms with E-state index < -0.39 is 0 Å². The van der Waals surface area contributed by atoms with Crippen LogP contribution in [0.25, 0.3) is 0 Å². The molecule has 0 N–H and O–H groups in total. The van der Waals surface area contributed by atoms with Crippen molar-refractivity contribution in [2.75, 3.05) is 6.26 Å². The highest BCUT2D eigenvalue weighted by Gasteiger charge is 1.91. The molecule has 0 amide bonds. The standard InChI is InChI=1S/C7H8OSSi/c1-9-8-10-7-5-3-2-4-6-7/h2-6H,1H3. The minimum atomic E-state index is 0.467. The minimum absolute atomic E-state index is 0.467. The Labute approximate surface area is 67.9 Å². The molecule has 2 radical (unpaired) electrons. The Bertz CT molecular complexity index is 178. The van der Waals surface area contributed by atoms with E-state index in [0.29, 0.717) is 9.76 Å². The lowest BCUT2D eigenvalue weighted by Gasteiger charge is -1.95. The molecule has 3 heteroatoms. The van der Waals surface area contributed by atoms with E-state index in [1.54, 1.807) is 0 Å². The molecular weight excluding hydrogens is 160 g/mol. The van der Waals surface area contributed by atoms with Crippen molar-refractivity contribution >= 4 is 27.0 Å². The van der Waals surface area contributed by atoms with Crippen LogP contribution >= 0.6 is 12.0 Å². The van der Waals surface area contributed by atoms with Crippen LogP contribution in [0.3, 0.4) is 0 Å². The zero-order chi connectivity index (χ0) is 7.23. The molecule has 1 rings (SSSR count). The molecule has 0 saturated heterocycles. The fraction of sp³-hybridized carbons (Fsp3) is 0.143. The van der Waals surface area contributed by atoms with Crippen molar-refractivity contribution in [1.82, 2.24) is 0 Å². The molecule has 1 aromatic carbocycles. The van der Waals surface area contributed by atoms with E-state index in [1.165, 1.54) is 17.2 Å². The van der Waals surface area contributed by atoms with E-state index >= 15 is 0 Å². The highest BCUT2D eigenvalue weighted by molar-refractivity contribution is 7.94. The monoisotopic (exact) mass is 168 g/mol. The van der Waals surface area contributed by atoms with Gasteiger partial charge in [-0.3, -0.25) is 0 Å². The Morgan fingerprint density at radius 2 is 2.00 bits per heavy atom. The fourth-order valence-corrected chi connectivity index (χ4v) is 1.64. The molecule has 0 saturated carbocycles. The van der Waals surface area contributed by atoms with Crippen LogP contribution in [-0.4, -0.2) is 16.0 Å². The summed E-state index contributed by atoms with van der Waals surface area (Å²) in [5.74, 6) is 0. The molecule has 10 heavy (non-hydrogen) atoms. The molecular formula is C7H8OSSi. The lowest BCUT2D eigenvalue weighted by Crippen LogP contribution is -2.13. The van der Waals surface area contributed by atoms with Crippen molar-refractivity contribution < 1.29 is 3.87 Å². The highest BCUT2D eigenvalue weighted by atomic mass is 32.2. The normalized spacial score (nSPS) is 9.70. The van der Waals surface area contributed by atoms with Gasteiger partial charge in [0.15, 0.2) is 0 Å². The van der Waals surface area contributed by atoms with Gasteiger partial charge in [0.05, 0.1) is 0 Å². The Morgan fingerprint density at radius 3 is 2.60 bits per heavy atom. The predicted octanol–water partition coefficient (Wildman–Crippen LogP) is 1.23. The van der Waals surface area contributed by atoms with Gasteiger partial charge in [0.2, 0.25) is 0 Å². The molecule has 1 aromatic rings. The van der Waals surface area contributed by atoms with Crippen LogP contribution in [0.2, 0.25) is 0 Å². The van der Waals surface area contributed by atoms with E-state index in [4.69, 9.17) is 3.87 Å². The number of rotatable bonds is 3. The maximum absolute atomic E-state index is 5.16. The summed E-state index contributed by atoms with van der Waals surface area (Å²) in [6, 6.07) is 10.2. The maximum Gasteiger partial charge on any atom is 0.290 e. The number of benzene rings is 1. The van der Waals surface area contributed by atoms with Crippen molar-refractivity contribution in [1.29, 1.82) is 0 Å². The van der Waals surface area contributed by atoms with Gasteiger partial charge in [-0.25, -0.2) is 0 Å². The third-order valence-electron chi connectivity index (χ3n) is 1.02. The summed E-state index contributed by atoms with van der Waals surface area (Å²) >= 11 is 1.41. The molecule has 0 unspecified atom stereocenters. The second-order valence-electron chi connectivity index (χ2n) is 1.72. The second-order valence-corrected chi connectivity index (χ2v) is 3.50.